The monoisotopic (exact) mass is 168 g/mol. The summed E-state index contributed by atoms with van der Waals surface area (Å²) in [6.45, 7) is 9.08. The summed E-state index contributed by atoms with van der Waals surface area (Å²) < 4.78 is 0. The number of rotatable bonds is 0. The van der Waals surface area contributed by atoms with Gasteiger partial charge in [-0.2, -0.15) is 0 Å². The SMILES string of the molecule is CC1(C)C[C@H]2[C@@H](CC1O)C2(C)C. The van der Waals surface area contributed by atoms with Gasteiger partial charge in [0.2, 0.25) is 0 Å². The molecular weight excluding hydrogens is 148 g/mol. The van der Waals surface area contributed by atoms with Crippen LogP contribution < -0.4 is 0 Å². The van der Waals surface area contributed by atoms with E-state index in [4.69, 9.17) is 0 Å². The fourth-order valence-corrected chi connectivity index (χ4v) is 2.99. The van der Waals surface area contributed by atoms with Crippen LogP contribution in [0.1, 0.15) is 40.5 Å². The first-order valence-corrected chi connectivity index (χ1v) is 5.04. The van der Waals surface area contributed by atoms with E-state index >= 15 is 0 Å². The molecule has 0 aromatic heterocycles. The molecule has 3 atom stereocenters. The van der Waals surface area contributed by atoms with Gasteiger partial charge in [-0.15, -0.1) is 0 Å². The molecule has 1 N–H and O–H groups in total. The molecule has 0 bridgehead atoms. The summed E-state index contributed by atoms with van der Waals surface area (Å²) in [6.07, 6.45) is 2.18. The molecule has 1 heteroatoms. The normalized spacial score (nSPS) is 48.2. The van der Waals surface area contributed by atoms with Crippen LogP contribution in [0.15, 0.2) is 0 Å². The van der Waals surface area contributed by atoms with Gasteiger partial charge in [0.1, 0.15) is 0 Å². The van der Waals surface area contributed by atoms with E-state index in [-0.39, 0.29) is 11.5 Å². The molecular formula is C11H20O. The standard InChI is InChI=1S/C11H20O/c1-10(2)6-8-7(5-9(10)12)11(8,3)4/h7-9,12H,5-6H2,1-4H3/t7-,8+,9?/m1/s1. The first-order chi connectivity index (χ1) is 5.36. The van der Waals surface area contributed by atoms with Crippen LogP contribution in [-0.4, -0.2) is 11.2 Å². The Morgan fingerprint density at radius 1 is 1.08 bits per heavy atom. The lowest BCUT2D eigenvalue weighted by Crippen LogP contribution is -2.33. The highest BCUT2D eigenvalue weighted by Gasteiger charge is 2.62. The molecule has 0 spiro atoms. The highest BCUT2D eigenvalue weighted by atomic mass is 16.3. The summed E-state index contributed by atoms with van der Waals surface area (Å²) in [5, 5.41) is 9.87. The Morgan fingerprint density at radius 3 is 2.17 bits per heavy atom. The van der Waals surface area contributed by atoms with Crippen molar-refractivity contribution in [3.05, 3.63) is 0 Å². The summed E-state index contributed by atoms with van der Waals surface area (Å²) in [6, 6.07) is 0. The van der Waals surface area contributed by atoms with Crippen LogP contribution in [0.2, 0.25) is 0 Å². The molecule has 1 unspecified atom stereocenters. The van der Waals surface area contributed by atoms with Gasteiger partial charge in [-0.05, 0) is 35.5 Å². The molecule has 2 rings (SSSR count). The number of aliphatic hydroxyl groups excluding tert-OH is 1. The fourth-order valence-electron chi connectivity index (χ4n) is 2.99. The summed E-state index contributed by atoms with van der Waals surface area (Å²) >= 11 is 0. The first-order valence-electron chi connectivity index (χ1n) is 5.04. The van der Waals surface area contributed by atoms with E-state index in [0.717, 1.165) is 18.3 Å². The minimum atomic E-state index is -0.0690. The predicted octanol–water partition coefficient (Wildman–Crippen LogP) is 2.44. The smallest absolute Gasteiger partial charge is 0.0594 e. The second-order valence-electron chi connectivity index (χ2n) is 5.98. The number of hydrogen-bond donors (Lipinski definition) is 1. The second kappa shape index (κ2) is 2.06. The van der Waals surface area contributed by atoms with E-state index in [1.807, 2.05) is 0 Å². The molecule has 0 radical (unpaired) electrons. The summed E-state index contributed by atoms with van der Waals surface area (Å²) in [5.74, 6) is 1.69. The zero-order valence-electron chi connectivity index (χ0n) is 8.59. The Balaban J connectivity index is 2.14. The van der Waals surface area contributed by atoms with Gasteiger partial charge in [-0.1, -0.05) is 27.7 Å². The Bertz CT molecular complexity index is 205. The van der Waals surface area contributed by atoms with Crippen LogP contribution in [0.3, 0.4) is 0 Å². The van der Waals surface area contributed by atoms with Crippen LogP contribution in [-0.2, 0) is 0 Å². The van der Waals surface area contributed by atoms with Crippen LogP contribution in [0.4, 0.5) is 0 Å². The van der Waals surface area contributed by atoms with Crippen molar-refractivity contribution in [1.29, 1.82) is 0 Å². The van der Waals surface area contributed by atoms with Crippen molar-refractivity contribution < 1.29 is 5.11 Å². The zero-order chi connectivity index (χ0) is 9.15. The van der Waals surface area contributed by atoms with Crippen molar-refractivity contribution in [3.63, 3.8) is 0 Å². The quantitative estimate of drug-likeness (QED) is 0.589. The predicted molar refractivity (Wildman–Crippen MR) is 49.8 cm³/mol. The van der Waals surface area contributed by atoms with E-state index < -0.39 is 0 Å². The Labute approximate surface area is 75.2 Å². The topological polar surface area (TPSA) is 20.2 Å². The Morgan fingerprint density at radius 2 is 1.67 bits per heavy atom. The van der Waals surface area contributed by atoms with Crippen LogP contribution in [0, 0.1) is 22.7 Å². The lowest BCUT2D eigenvalue weighted by Gasteiger charge is -2.34. The summed E-state index contributed by atoms with van der Waals surface area (Å²) in [4.78, 5) is 0. The van der Waals surface area contributed by atoms with E-state index in [1.54, 1.807) is 0 Å². The van der Waals surface area contributed by atoms with Gasteiger partial charge >= 0.3 is 0 Å². The van der Waals surface area contributed by atoms with E-state index in [2.05, 4.69) is 27.7 Å². The van der Waals surface area contributed by atoms with Crippen molar-refractivity contribution in [2.75, 3.05) is 0 Å². The lowest BCUT2D eigenvalue weighted by atomic mass is 9.75. The van der Waals surface area contributed by atoms with Crippen LogP contribution in [0.5, 0.6) is 0 Å². The second-order valence-corrected chi connectivity index (χ2v) is 5.98. The van der Waals surface area contributed by atoms with Gasteiger partial charge in [-0.25, -0.2) is 0 Å². The third-order valence-corrected chi connectivity index (χ3v) is 4.41. The summed E-state index contributed by atoms with van der Waals surface area (Å²) in [5.41, 5.74) is 0.684. The molecule has 70 valence electrons. The molecule has 2 fully saturated rings. The van der Waals surface area contributed by atoms with E-state index in [0.29, 0.717) is 5.41 Å². The molecule has 0 amide bonds. The zero-order valence-corrected chi connectivity index (χ0v) is 8.59. The number of aliphatic hydroxyl groups is 1. The molecule has 0 aromatic rings. The molecule has 0 saturated heterocycles. The molecule has 0 aromatic carbocycles. The minimum absolute atomic E-state index is 0.0690. The molecule has 0 aliphatic heterocycles. The average molecular weight is 168 g/mol. The maximum absolute atomic E-state index is 9.87. The third kappa shape index (κ3) is 0.953. The highest BCUT2D eigenvalue weighted by molar-refractivity contribution is 5.11. The van der Waals surface area contributed by atoms with Crippen LogP contribution in [0.25, 0.3) is 0 Å². The van der Waals surface area contributed by atoms with Crippen molar-refractivity contribution in [2.45, 2.75) is 46.6 Å². The summed E-state index contributed by atoms with van der Waals surface area (Å²) in [7, 11) is 0. The van der Waals surface area contributed by atoms with Crippen molar-refractivity contribution in [1.82, 2.24) is 0 Å². The number of fused-ring (bicyclic) bond motifs is 1. The van der Waals surface area contributed by atoms with Crippen molar-refractivity contribution in [3.8, 4) is 0 Å². The van der Waals surface area contributed by atoms with Crippen LogP contribution >= 0.6 is 0 Å². The van der Waals surface area contributed by atoms with Gasteiger partial charge in [0.25, 0.3) is 0 Å². The van der Waals surface area contributed by atoms with Gasteiger partial charge in [0.05, 0.1) is 6.10 Å². The molecule has 1 nitrogen and oxygen atoms in total. The van der Waals surface area contributed by atoms with Crippen molar-refractivity contribution >= 4 is 0 Å². The third-order valence-electron chi connectivity index (χ3n) is 4.41. The maximum Gasteiger partial charge on any atom is 0.0594 e. The Kier molecular flexibility index (Phi) is 1.47. The average Bonchev–Trinajstić information content (AvgIpc) is 2.37. The largest absolute Gasteiger partial charge is 0.393 e. The molecule has 2 saturated carbocycles. The van der Waals surface area contributed by atoms with Crippen molar-refractivity contribution in [2.24, 2.45) is 22.7 Å². The Hall–Kier alpha value is -0.0400. The maximum atomic E-state index is 9.87. The molecule has 12 heavy (non-hydrogen) atoms. The van der Waals surface area contributed by atoms with Gasteiger partial charge in [0.15, 0.2) is 0 Å². The molecule has 2 aliphatic carbocycles. The molecule has 0 heterocycles. The number of hydrogen-bond acceptors (Lipinski definition) is 1. The first kappa shape index (κ1) is 8.55. The van der Waals surface area contributed by atoms with E-state index in [9.17, 15) is 5.11 Å². The fraction of sp³-hybridized carbons (Fsp3) is 1.00. The van der Waals surface area contributed by atoms with Gasteiger partial charge in [0, 0.05) is 0 Å². The van der Waals surface area contributed by atoms with Gasteiger partial charge in [-0.3, -0.25) is 0 Å². The molecule has 2 aliphatic rings. The van der Waals surface area contributed by atoms with E-state index in [1.165, 1.54) is 6.42 Å². The minimum Gasteiger partial charge on any atom is -0.393 e. The lowest BCUT2D eigenvalue weighted by molar-refractivity contribution is 0.00931. The van der Waals surface area contributed by atoms with Gasteiger partial charge < -0.3 is 5.11 Å². The highest BCUT2D eigenvalue weighted by Crippen LogP contribution is 2.67.